The van der Waals surface area contributed by atoms with Crippen molar-refractivity contribution in [1.29, 1.82) is 0 Å². The molecule has 24 heavy (non-hydrogen) atoms. The van der Waals surface area contributed by atoms with E-state index in [4.69, 9.17) is 0 Å². The van der Waals surface area contributed by atoms with E-state index in [-0.39, 0.29) is 11.9 Å². The van der Waals surface area contributed by atoms with Crippen LogP contribution in [0.3, 0.4) is 0 Å². The summed E-state index contributed by atoms with van der Waals surface area (Å²) in [6.07, 6.45) is 5.46. The Balaban J connectivity index is 1.59. The molecule has 0 spiro atoms. The number of likely N-dealkylation sites (tertiary alicyclic amines) is 1. The van der Waals surface area contributed by atoms with Crippen molar-refractivity contribution in [2.24, 2.45) is 0 Å². The summed E-state index contributed by atoms with van der Waals surface area (Å²) in [5.74, 6) is -1.68. The normalized spacial score (nSPS) is 17.6. The molecule has 0 saturated carbocycles. The lowest BCUT2D eigenvalue weighted by Crippen LogP contribution is -2.45. The predicted octanol–water partition coefficient (Wildman–Crippen LogP) is 3.01. The van der Waals surface area contributed by atoms with Gasteiger partial charge in [-0.25, -0.2) is 8.78 Å². The second kappa shape index (κ2) is 7.38. The number of anilines is 1. The maximum Gasteiger partial charge on any atom is 0.227 e. The van der Waals surface area contributed by atoms with Crippen molar-refractivity contribution in [2.75, 3.05) is 18.4 Å². The first-order valence-corrected chi connectivity index (χ1v) is 8.00. The molecule has 126 valence electrons. The minimum Gasteiger partial charge on any atom is -0.380 e. The van der Waals surface area contributed by atoms with E-state index >= 15 is 0 Å². The number of piperidine rings is 1. The maximum absolute atomic E-state index is 13.3. The van der Waals surface area contributed by atoms with E-state index in [1.165, 1.54) is 6.07 Å². The monoisotopic (exact) mass is 331 g/mol. The van der Waals surface area contributed by atoms with Crippen LogP contribution < -0.4 is 5.32 Å². The third-order valence-corrected chi connectivity index (χ3v) is 4.14. The van der Waals surface area contributed by atoms with Gasteiger partial charge in [0.05, 0.1) is 6.42 Å². The molecule has 1 fully saturated rings. The highest BCUT2D eigenvalue weighted by Crippen LogP contribution is 2.19. The SMILES string of the molecule is O=C(Cc1cccnc1)N1CCCC(Nc2ccc(F)c(F)c2)C1. The van der Waals surface area contributed by atoms with Crippen LogP contribution in [0.5, 0.6) is 0 Å². The van der Waals surface area contributed by atoms with E-state index in [0.717, 1.165) is 37.1 Å². The van der Waals surface area contributed by atoms with Crippen molar-refractivity contribution in [3.8, 4) is 0 Å². The minimum absolute atomic E-state index is 0.0291. The highest BCUT2D eigenvalue weighted by Gasteiger charge is 2.23. The third kappa shape index (κ3) is 4.07. The van der Waals surface area contributed by atoms with Gasteiger partial charge in [-0.15, -0.1) is 0 Å². The van der Waals surface area contributed by atoms with Gasteiger partial charge < -0.3 is 10.2 Å². The Labute approximate surface area is 139 Å². The van der Waals surface area contributed by atoms with E-state index in [1.54, 1.807) is 12.4 Å². The molecule has 0 bridgehead atoms. The Morgan fingerprint density at radius 1 is 1.29 bits per heavy atom. The minimum atomic E-state index is -0.875. The first-order chi connectivity index (χ1) is 11.6. The van der Waals surface area contributed by atoms with Gasteiger partial charge in [-0.2, -0.15) is 0 Å². The largest absolute Gasteiger partial charge is 0.380 e. The lowest BCUT2D eigenvalue weighted by molar-refractivity contribution is -0.131. The number of carbonyl (C=O) groups excluding carboxylic acids is 1. The standard InChI is InChI=1S/C18H19F2N3O/c19-16-6-5-14(10-17(16)20)22-15-4-2-8-23(12-15)18(24)9-13-3-1-7-21-11-13/h1,3,5-7,10-11,15,22H,2,4,8-9,12H2. The van der Waals surface area contributed by atoms with Crippen molar-refractivity contribution >= 4 is 11.6 Å². The molecule has 3 rings (SSSR count). The van der Waals surface area contributed by atoms with Crippen LogP contribution in [0.1, 0.15) is 18.4 Å². The van der Waals surface area contributed by atoms with Gasteiger partial charge in [0.15, 0.2) is 11.6 Å². The van der Waals surface area contributed by atoms with Gasteiger partial charge >= 0.3 is 0 Å². The average Bonchev–Trinajstić information content (AvgIpc) is 2.59. The maximum atomic E-state index is 13.3. The van der Waals surface area contributed by atoms with Crippen LogP contribution >= 0.6 is 0 Å². The van der Waals surface area contributed by atoms with Gasteiger partial charge in [-0.1, -0.05) is 6.07 Å². The molecule has 2 heterocycles. The Kier molecular flexibility index (Phi) is 5.03. The second-order valence-electron chi connectivity index (χ2n) is 5.99. The van der Waals surface area contributed by atoms with Gasteiger partial charge in [-0.05, 0) is 36.6 Å². The Morgan fingerprint density at radius 2 is 2.17 bits per heavy atom. The number of carbonyl (C=O) groups is 1. The molecule has 1 aliphatic rings. The quantitative estimate of drug-likeness (QED) is 0.937. The molecule has 1 aromatic heterocycles. The fraction of sp³-hybridized carbons (Fsp3) is 0.333. The molecular weight excluding hydrogens is 312 g/mol. The molecule has 0 radical (unpaired) electrons. The molecule has 1 saturated heterocycles. The molecule has 6 heteroatoms. The zero-order valence-corrected chi connectivity index (χ0v) is 13.2. The number of hydrogen-bond acceptors (Lipinski definition) is 3. The van der Waals surface area contributed by atoms with Crippen molar-refractivity contribution < 1.29 is 13.6 Å². The molecule has 1 amide bonds. The van der Waals surface area contributed by atoms with Crippen molar-refractivity contribution in [3.63, 3.8) is 0 Å². The van der Waals surface area contributed by atoms with Crippen molar-refractivity contribution in [3.05, 3.63) is 59.9 Å². The van der Waals surface area contributed by atoms with Crippen LogP contribution in [0.4, 0.5) is 14.5 Å². The van der Waals surface area contributed by atoms with E-state index in [1.807, 2.05) is 17.0 Å². The highest BCUT2D eigenvalue weighted by atomic mass is 19.2. The number of nitrogens with zero attached hydrogens (tertiary/aromatic N) is 2. The molecule has 1 aliphatic heterocycles. The Hall–Kier alpha value is -2.50. The van der Waals surface area contributed by atoms with Crippen LogP contribution in [-0.2, 0) is 11.2 Å². The fourth-order valence-corrected chi connectivity index (χ4v) is 2.93. The summed E-state index contributed by atoms with van der Waals surface area (Å²) in [4.78, 5) is 18.3. The van der Waals surface area contributed by atoms with Crippen LogP contribution in [0, 0.1) is 11.6 Å². The Bertz CT molecular complexity index is 709. The molecule has 1 atom stereocenters. The number of hydrogen-bond donors (Lipinski definition) is 1. The van der Waals surface area contributed by atoms with Crippen LogP contribution in [0.15, 0.2) is 42.7 Å². The number of aromatic nitrogens is 1. The number of halogens is 2. The third-order valence-electron chi connectivity index (χ3n) is 4.14. The van der Waals surface area contributed by atoms with Gasteiger partial charge in [-0.3, -0.25) is 9.78 Å². The number of pyridine rings is 1. The van der Waals surface area contributed by atoms with Gasteiger partial charge in [0, 0.05) is 43.3 Å². The van der Waals surface area contributed by atoms with Crippen LogP contribution in [0.25, 0.3) is 0 Å². The summed E-state index contributed by atoms with van der Waals surface area (Å²) < 4.78 is 26.3. The van der Waals surface area contributed by atoms with Crippen molar-refractivity contribution in [1.82, 2.24) is 9.88 Å². The fourth-order valence-electron chi connectivity index (χ4n) is 2.93. The summed E-state index contributed by atoms with van der Waals surface area (Å²) in [5.41, 5.74) is 1.42. The van der Waals surface area contributed by atoms with E-state index < -0.39 is 11.6 Å². The average molecular weight is 331 g/mol. The zero-order chi connectivity index (χ0) is 16.9. The first-order valence-electron chi connectivity index (χ1n) is 8.00. The molecule has 1 aromatic carbocycles. The second-order valence-corrected chi connectivity index (χ2v) is 5.99. The van der Waals surface area contributed by atoms with Crippen molar-refractivity contribution in [2.45, 2.75) is 25.3 Å². The van der Waals surface area contributed by atoms with Gasteiger partial charge in [0.1, 0.15) is 0 Å². The summed E-state index contributed by atoms with van der Waals surface area (Å²) in [6.45, 7) is 1.27. The van der Waals surface area contributed by atoms with E-state index in [9.17, 15) is 13.6 Å². The summed E-state index contributed by atoms with van der Waals surface area (Å²) in [5, 5.41) is 3.18. The molecule has 4 nitrogen and oxygen atoms in total. The van der Waals surface area contributed by atoms with Crippen LogP contribution in [0.2, 0.25) is 0 Å². The molecule has 1 unspecified atom stereocenters. The molecule has 1 N–H and O–H groups in total. The summed E-state index contributed by atoms with van der Waals surface area (Å²) in [6, 6.07) is 7.48. The number of amides is 1. The number of rotatable bonds is 4. The number of nitrogens with one attached hydrogen (secondary N) is 1. The zero-order valence-electron chi connectivity index (χ0n) is 13.2. The molecule has 2 aromatic rings. The Morgan fingerprint density at radius 3 is 2.92 bits per heavy atom. The predicted molar refractivity (Wildman–Crippen MR) is 87.5 cm³/mol. The highest BCUT2D eigenvalue weighted by molar-refractivity contribution is 5.78. The smallest absolute Gasteiger partial charge is 0.227 e. The molecule has 0 aliphatic carbocycles. The van der Waals surface area contributed by atoms with Gasteiger partial charge in [0.2, 0.25) is 5.91 Å². The summed E-state index contributed by atoms with van der Waals surface area (Å²) in [7, 11) is 0. The lowest BCUT2D eigenvalue weighted by atomic mass is 10.0. The lowest BCUT2D eigenvalue weighted by Gasteiger charge is -2.33. The first kappa shape index (κ1) is 16.4. The van der Waals surface area contributed by atoms with E-state index in [0.29, 0.717) is 18.7 Å². The summed E-state index contributed by atoms with van der Waals surface area (Å²) >= 11 is 0. The molecular formula is C18H19F2N3O. The topological polar surface area (TPSA) is 45.2 Å². The van der Waals surface area contributed by atoms with Crippen LogP contribution in [-0.4, -0.2) is 34.9 Å². The van der Waals surface area contributed by atoms with Gasteiger partial charge in [0.25, 0.3) is 0 Å². The number of benzene rings is 1. The van der Waals surface area contributed by atoms with E-state index in [2.05, 4.69) is 10.3 Å².